The zero-order valence-electron chi connectivity index (χ0n) is 10.1. The van der Waals surface area contributed by atoms with Gasteiger partial charge in [-0.05, 0) is 13.8 Å². The first-order valence-corrected chi connectivity index (χ1v) is 6.22. The Balaban J connectivity index is 2.87. The van der Waals surface area contributed by atoms with Crippen LogP contribution in [-0.2, 0) is 4.79 Å². The molecule has 0 saturated heterocycles. The predicted molar refractivity (Wildman–Crippen MR) is 61.1 cm³/mol. The molecule has 1 atom stereocenters. The number of alkyl halides is 3. The highest BCUT2D eigenvalue weighted by molar-refractivity contribution is 7.99. The van der Waals surface area contributed by atoms with Crippen molar-refractivity contribution in [3.63, 3.8) is 0 Å². The normalized spacial score (nSPS) is 13.8. The largest absolute Gasteiger partial charge is 0.481 e. The van der Waals surface area contributed by atoms with Crippen molar-refractivity contribution in [3.8, 4) is 0 Å². The van der Waals surface area contributed by atoms with E-state index in [2.05, 4.69) is 10.2 Å². The monoisotopic (exact) mass is 299 g/mol. The highest BCUT2D eigenvalue weighted by Gasteiger charge is 2.45. The van der Waals surface area contributed by atoms with Crippen molar-refractivity contribution >= 4 is 17.7 Å². The Morgan fingerprint density at radius 1 is 1.53 bits per heavy atom. The number of carboxylic acid groups (broad SMARTS) is 1. The highest BCUT2D eigenvalue weighted by atomic mass is 32.2. The van der Waals surface area contributed by atoms with Crippen molar-refractivity contribution in [3.05, 3.63) is 10.5 Å². The quantitative estimate of drug-likeness (QED) is 0.805. The summed E-state index contributed by atoms with van der Waals surface area (Å²) in [6, 6.07) is -0.289. The number of halogens is 3. The molecule has 0 aromatic carbocycles. The van der Waals surface area contributed by atoms with Gasteiger partial charge in [-0.1, -0.05) is 11.8 Å². The minimum absolute atomic E-state index is 0.0375. The van der Waals surface area contributed by atoms with Gasteiger partial charge in [-0.15, -0.1) is 5.10 Å². The maximum Gasteiger partial charge on any atom is 0.403 e. The van der Waals surface area contributed by atoms with Crippen molar-refractivity contribution in [2.75, 3.05) is 5.75 Å². The lowest BCUT2D eigenvalue weighted by atomic mass is 10.2. The number of aliphatic carboxylic acids is 1. The van der Waals surface area contributed by atoms with Crippen LogP contribution in [0.15, 0.2) is 9.95 Å². The second kappa shape index (κ2) is 5.68. The summed E-state index contributed by atoms with van der Waals surface area (Å²) in [6.45, 7) is 3.33. The summed E-state index contributed by atoms with van der Waals surface area (Å²) in [7, 11) is 0. The molecule has 0 amide bonds. The Hall–Kier alpha value is -1.45. The zero-order valence-corrected chi connectivity index (χ0v) is 10.9. The van der Waals surface area contributed by atoms with Crippen molar-refractivity contribution in [1.29, 1.82) is 0 Å². The van der Waals surface area contributed by atoms with E-state index in [0.29, 0.717) is 11.8 Å². The Morgan fingerprint density at radius 2 is 2.11 bits per heavy atom. The standard InChI is InChI=1S/C9H12F3N3O3S/c1-4(2)15-7(18)13-14-8(15)19-3-5(6(16)17)9(10,11)12/h4-5H,3H2,1-2H3,(H,13,18)(H,16,17). The summed E-state index contributed by atoms with van der Waals surface area (Å²) < 4.78 is 38.5. The van der Waals surface area contributed by atoms with E-state index < -0.39 is 29.5 Å². The fraction of sp³-hybridized carbons (Fsp3) is 0.667. The molecule has 6 nitrogen and oxygen atoms in total. The molecule has 0 aliphatic rings. The molecular weight excluding hydrogens is 287 g/mol. The Labute approximate surface area is 110 Å². The van der Waals surface area contributed by atoms with Gasteiger partial charge >= 0.3 is 17.8 Å². The second-order valence-electron chi connectivity index (χ2n) is 4.02. The van der Waals surface area contributed by atoms with Gasteiger partial charge < -0.3 is 5.11 Å². The third-order valence-electron chi connectivity index (χ3n) is 2.26. The van der Waals surface area contributed by atoms with Crippen molar-refractivity contribution in [2.24, 2.45) is 5.92 Å². The van der Waals surface area contributed by atoms with E-state index in [0.717, 1.165) is 0 Å². The summed E-state index contributed by atoms with van der Waals surface area (Å²) in [6.07, 6.45) is -4.84. The Bertz CT molecular complexity index is 509. The lowest BCUT2D eigenvalue weighted by molar-refractivity contribution is -0.188. The van der Waals surface area contributed by atoms with E-state index in [1.807, 2.05) is 0 Å². The molecule has 0 saturated carbocycles. The van der Waals surface area contributed by atoms with E-state index in [1.165, 1.54) is 4.57 Å². The van der Waals surface area contributed by atoms with Crippen LogP contribution in [0.1, 0.15) is 19.9 Å². The number of rotatable bonds is 5. The molecule has 0 aliphatic heterocycles. The van der Waals surface area contributed by atoms with E-state index in [-0.39, 0.29) is 11.2 Å². The smallest absolute Gasteiger partial charge is 0.403 e. The van der Waals surface area contributed by atoms with Gasteiger partial charge in [-0.25, -0.2) is 9.89 Å². The number of aromatic amines is 1. The summed E-state index contributed by atoms with van der Waals surface area (Å²) >= 11 is 0.579. The van der Waals surface area contributed by atoms with Crippen LogP contribution in [0.25, 0.3) is 0 Å². The molecule has 1 rings (SSSR count). The van der Waals surface area contributed by atoms with Gasteiger partial charge in [0.25, 0.3) is 0 Å². The Kier molecular flexibility index (Phi) is 4.66. The molecule has 10 heteroatoms. The average molecular weight is 299 g/mol. The molecule has 0 aliphatic carbocycles. The summed E-state index contributed by atoms with van der Waals surface area (Å²) in [4.78, 5) is 21.9. The number of carbonyl (C=O) groups is 1. The number of thioether (sulfide) groups is 1. The van der Waals surface area contributed by atoms with Crippen LogP contribution in [0.4, 0.5) is 13.2 Å². The van der Waals surface area contributed by atoms with Gasteiger partial charge in [-0.2, -0.15) is 13.2 Å². The van der Waals surface area contributed by atoms with Gasteiger partial charge in [-0.3, -0.25) is 9.36 Å². The highest BCUT2D eigenvalue weighted by Crippen LogP contribution is 2.31. The fourth-order valence-corrected chi connectivity index (χ4v) is 2.50. The summed E-state index contributed by atoms with van der Waals surface area (Å²) in [5.41, 5.74) is -0.545. The van der Waals surface area contributed by atoms with Crippen LogP contribution in [0.2, 0.25) is 0 Å². The van der Waals surface area contributed by atoms with Gasteiger partial charge in [0.1, 0.15) is 0 Å². The number of carboxylic acids is 1. The molecule has 1 aromatic rings. The topological polar surface area (TPSA) is 88.0 Å². The molecule has 0 radical (unpaired) electrons. The van der Waals surface area contributed by atoms with Crippen LogP contribution in [0, 0.1) is 5.92 Å². The number of hydrogen-bond acceptors (Lipinski definition) is 4. The molecule has 1 unspecified atom stereocenters. The first kappa shape index (κ1) is 15.6. The van der Waals surface area contributed by atoms with Gasteiger partial charge in [0, 0.05) is 11.8 Å². The molecule has 108 valence electrons. The van der Waals surface area contributed by atoms with E-state index >= 15 is 0 Å². The minimum atomic E-state index is -4.84. The molecule has 0 bridgehead atoms. The molecule has 0 fully saturated rings. The first-order chi connectivity index (χ1) is 8.64. The maximum absolute atomic E-state index is 12.4. The van der Waals surface area contributed by atoms with Crippen LogP contribution >= 0.6 is 11.8 Å². The third-order valence-corrected chi connectivity index (χ3v) is 3.31. The minimum Gasteiger partial charge on any atom is -0.481 e. The van der Waals surface area contributed by atoms with Crippen LogP contribution in [-0.4, -0.2) is 37.8 Å². The first-order valence-electron chi connectivity index (χ1n) is 5.23. The lowest BCUT2D eigenvalue weighted by Crippen LogP contribution is -2.32. The number of nitrogens with one attached hydrogen (secondary N) is 1. The van der Waals surface area contributed by atoms with Crippen LogP contribution in [0.3, 0.4) is 0 Å². The van der Waals surface area contributed by atoms with E-state index in [4.69, 9.17) is 5.11 Å². The van der Waals surface area contributed by atoms with Gasteiger partial charge in [0.15, 0.2) is 11.1 Å². The SMILES string of the molecule is CC(C)n1c(SCC(C(=O)O)C(F)(F)F)n[nH]c1=O. The van der Waals surface area contributed by atoms with Crippen molar-refractivity contribution in [2.45, 2.75) is 31.2 Å². The van der Waals surface area contributed by atoms with E-state index in [1.54, 1.807) is 13.8 Å². The molecule has 2 N–H and O–H groups in total. The number of hydrogen-bond donors (Lipinski definition) is 2. The molecular formula is C9H12F3N3O3S. The lowest BCUT2D eigenvalue weighted by Gasteiger charge is -2.15. The number of nitrogens with zero attached hydrogens (tertiary/aromatic N) is 2. The zero-order chi connectivity index (χ0) is 14.8. The Morgan fingerprint density at radius 3 is 2.53 bits per heavy atom. The van der Waals surface area contributed by atoms with Crippen molar-refractivity contribution in [1.82, 2.24) is 14.8 Å². The molecule has 19 heavy (non-hydrogen) atoms. The molecule has 0 spiro atoms. The van der Waals surface area contributed by atoms with Crippen molar-refractivity contribution < 1.29 is 23.1 Å². The third kappa shape index (κ3) is 3.75. The maximum atomic E-state index is 12.4. The van der Waals surface area contributed by atoms with Crippen LogP contribution < -0.4 is 5.69 Å². The van der Waals surface area contributed by atoms with Gasteiger partial charge in [0.2, 0.25) is 0 Å². The van der Waals surface area contributed by atoms with E-state index in [9.17, 15) is 22.8 Å². The average Bonchev–Trinajstić information content (AvgIpc) is 2.57. The predicted octanol–water partition coefficient (Wildman–Crippen LogP) is 1.51. The second-order valence-corrected chi connectivity index (χ2v) is 5.01. The van der Waals surface area contributed by atoms with Gasteiger partial charge in [0.05, 0.1) is 0 Å². The summed E-state index contributed by atoms with van der Waals surface area (Å²) in [5, 5.41) is 14.3. The number of aromatic nitrogens is 3. The summed E-state index contributed by atoms with van der Waals surface area (Å²) in [5.74, 6) is -5.19. The number of H-pyrrole nitrogens is 1. The molecule has 1 aromatic heterocycles. The molecule has 1 heterocycles. The fourth-order valence-electron chi connectivity index (χ4n) is 1.31. The van der Waals surface area contributed by atoms with Crippen LogP contribution in [0.5, 0.6) is 0 Å².